The summed E-state index contributed by atoms with van der Waals surface area (Å²) >= 11 is 0. The van der Waals surface area contributed by atoms with E-state index >= 15 is 0 Å². The molecular weight excluding hydrogens is 336 g/mol. The van der Waals surface area contributed by atoms with Crippen molar-refractivity contribution in [2.24, 2.45) is 5.10 Å². The zero-order chi connectivity index (χ0) is 18.7. The highest BCUT2D eigenvalue weighted by Crippen LogP contribution is 2.40. The molecule has 0 bridgehead atoms. The fourth-order valence-electron chi connectivity index (χ4n) is 3.45. The van der Waals surface area contributed by atoms with Gasteiger partial charge in [-0.15, -0.1) is 5.10 Å². The van der Waals surface area contributed by atoms with Crippen molar-refractivity contribution in [2.75, 3.05) is 5.01 Å². The first-order valence-corrected chi connectivity index (χ1v) is 9.03. The van der Waals surface area contributed by atoms with Crippen molar-refractivity contribution in [3.63, 3.8) is 0 Å². The fourth-order valence-corrected chi connectivity index (χ4v) is 3.45. The molecule has 0 saturated heterocycles. The summed E-state index contributed by atoms with van der Waals surface area (Å²) in [4.78, 5) is 13.4. The van der Waals surface area contributed by atoms with Gasteiger partial charge in [0.25, 0.3) is 0 Å². The van der Waals surface area contributed by atoms with Crippen LogP contribution in [0.1, 0.15) is 24.5 Å². The molecular formula is C23H20N2O2. The normalized spacial score (nSPS) is 19.4. The lowest BCUT2D eigenvalue weighted by molar-refractivity contribution is -0.143. The van der Waals surface area contributed by atoms with Gasteiger partial charge >= 0.3 is 5.97 Å². The second kappa shape index (κ2) is 7.08. The van der Waals surface area contributed by atoms with Gasteiger partial charge in [-0.05, 0) is 36.2 Å². The maximum Gasteiger partial charge on any atom is 0.345 e. The Kier molecular flexibility index (Phi) is 4.47. The summed E-state index contributed by atoms with van der Waals surface area (Å²) in [6.07, 6.45) is 0.524. The number of ether oxygens (including phenoxy) is 1. The molecule has 0 radical (unpaired) electrons. The Hall–Kier alpha value is -3.40. The van der Waals surface area contributed by atoms with Gasteiger partial charge in [-0.1, -0.05) is 73.7 Å². The molecule has 4 heteroatoms. The lowest BCUT2D eigenvalue weighted by Gasteiger charge is -2.42. The molecule has 0 unspecified atom stereocenters. The van der Waals surface area contributed by atoms with Crippen LogP contribution in [0.3, 0.4) is 0 Å². The largest absolute Gasteiger partial charge is 0.403 e. The highest BCUT2D eigenvalue weighted by Gasteiger charge is 2.50. The molecule has 3 aromatic rings. The molecule has 0 fully saturated rings. The summed E-state index contributed by atoms with van der Waals surface area (Å²) in [6.45, 7) is 1.98. The highest BCUT2D eigenvalue weighted by molar-refractivity contribution is 6.06. The number of cyclic esters (lactones) is 1. The van der Waals surface area contributed by atoms with E-state index in [-0.39, 0.29) is 5.97 Å². The molecule has 4 rings (SSSR count). The average molecular weight is 356 g/mol. The predicted molar refractivity (Wildman–Crippen MR) is 106 cm³/mol. The summed E-state index contributed by atoms with van der Waals surface area (Å²) < 4.78 is 5.75. The number of para-hydroxylation sites is 1. The van der Waals surface area contributed by atoms with E-state index in [0.29, 0.717) is 12.3 Å². The zero-order valence-electron chi connectivity index (χ0n) is 15.1. The maximum absolute atomic E-state index is 13.4. The van der Waals surface area contributed by atoms with Crippen molar-refractivity contribution in [3.05, 3.63) is 102 Å². The van der Waals surface area contributed by atoms with Crippen molar-refractivity contribution in [3.8, 4) is 0 Å². The summed E-state index contributed by atoms with van der Waals surface area (Å²) in [7, 11) is 0. The summed E-state index contributed by atoms with van der Waals surface area (Å²) in [5.74, 6) is -0.0154. The smallest absolute Gasteiger partial charge is 0.345 e. The van der Waals surface area contributed by atoms with Crippen LogP contribution in [0.4, 0.5) is 5.69 Å². The van der Waals surface area contributed by atoms with Crippen LogP contribution in [0.15, 0.2) is 96.1 Å². The highest BCUT2D eigenvalue weighted by atomic mass is 16.6. The molecule has 1 heterocycles. The molecule has 27 heavy (non-hydrogen) atoms. The van der Waals surface area contributed by atoms with E-state index in [1.54, 1.807) is 5.01 Å². The number of carbonyl (C=O) groups excluding carboxylic acids is 1. The van der Waals surface area contributed by atoms with Crippen molar-refractivity contribution >= 4 is 17.6 Å². The summed E-state index contributed by atoms with van der Waals surface area (Å²) in [5, 5.41) is 6.58. The zero-order valence-corrected chi connectivity index (χ0v) is 15.1. The monoisotopic (exact) mass is 356 g/mol. The van der Waals surface area contributed by atoms with Gasteiger partial charge in [-0.2, -0.15) is 0 Å². The van der Waals surface area contributed by atoms with E-state index in [2.05, 4.69) is 0 Å². The standard InChI is InChI=1S/C23H20N2O2/c1-2-23(19-14-8-4-9-15-19)22(26)27-21(18-12-6-3-7-13-18)24-25(23)20-16-10-5-11-17-20/h3-17H,2H2,1H3/t23-/m1/s1. The number of benzene rings is 3. The number of esters is 1. The third-order valence-electron chi connectivity index (χ3n) is 4.86. The minimum atomic E-state index is -1.01. The first kappa shape index (κ1) is 17.0. The van der Waals surface area contributed by atoms with Gasteiger partial charge in [-0.3, -0.25) is 0 Å². The Morgan fingerprint density at radius 3 is 2.00 bits per heavy atom. The minimum absolute atomic E-state index is 0.310. The van der Waals surface area contributed by atoms with Crippen LogP contribution in [0.25, 0.3) is 0 Å². The van der Waals surface area contributed by atoms with Crippen LogP contribution < -0.4 is 5.01 Å². The van der Waals surface area contributed by atoms with E-state index in [0.717, 1.165) is 16.8 Å². The Morgan fingerprint density at radius 1 is 0.852 bits per heavy atom. The summed E-state index contributed by atoms with van der Waals surface area (Å²) in [6, 6.07) is 28.9. The third kappa shape index (κ3) is 2.89. The third-order valence-corrected chi connectivity index (χ3v) is 4.86. The molecule has 0 aliphatic carbocycles. The maximum atomic E-state index is 13.4. The van der Waals surface area contributed by atoms with Crippen LogP contribution in [0.2, 0.25) is 0 Å². The first-order valence-electron chi connectivity index (χ1n) is 9.03. The van der Waals surface area contributed by atoms with Crippen LogP contribution >= 0.6 is 0 Å². The quantitative estimate of drug-likeness (QED) is 0.635. The molecule has 134 valence electrons. The molecule has 0 saturated carbocycles. The second-order valence-electron chi connectivity index (χ2n) is 6.39. The number of rotatable bonds is 4. The van der Waals surface area contributed by atoms with Crippen molar-refractivity contribution in [1.82, 2.24) is 0 Å². The van der Waals surface area contributed by atoms with E-state index in [9.17, 15) is 4.79 Å². The van der Waals surface area contributed by atoms with Crippen molar-refractivity contribution in [1.29, 1.82) is 0 Å². The van der Waals surface area contributed by atoms with Crippen LogP contribution in [0.5, 0.6) is 0 Å². The molecule has 0 N–H and O–H groups in total. The number of hydrogen-bond acceptors (Lipinski definition) is 4. The fraction of sp³-hybridized carbons (Fsp3) is 0.130. The average Bonchev–Trinajstić information content (AvgIpc) is 2.75. The van der Waals surface area contributed by atoms with Crippen molar-refractivity contribution < 1.29 is 9.53 Å². The number of carbonyl (C=O) groups is 1. The second-order valence-corrected chi connectivity index (χ2v) is 6.39. The van der Waals surface area contributed by atoms with Gasteiger partial charge in [0.1, 0.15) is 0 Å². The molecule has 1 aliphatic heterocycles. The molecule has 0 aromatic heterocycles. The SMILES string of the molecule is CC[C@@]1(c2ccccc2)C(=O)OC(c2ccccc2)=NN1c1ccccc1. The van der Waals surface area contributed by atoms with Gasteiger partial charge in [0.2, 0.25) is 5.90 Å². The van der Waals surface area contributed by atoms with Gasteiger partial charge in [0, 0.05) is 5.56 Å². The molecule has 1 atom stereocenters. The van der Waals surface area contributed by atoms with Gasteiger partial charge in [0.15, 0.2) is 5.54 Å². The van der Waals surface area contributed by atoms with Gasteiger partial charge in [0.05, 0.1) is 5.69 Å². The van der Waals surface area contributed by atoms with Gasteiger partial charge in [-0.25, -0.2) is 9.80 Å². The summed E-state index contributed by atoms with van der Waals surface area (Å²) in [5.41, 5.74) is 1.45. The van der Waals surface area contributed by atoms with Crippen LogP contribution in [-0.4, -0.2) is 11.9 Å². The van der Waals surface area contributed by atoms with Crippen LogP contribution in [0, 0.1) is 0 Å². The number of nitrogens with zero attached hydrogens (tertiary/aromatic N) is 2. The van der Waals surface area contributed by atoms with E-state index in [1.807, 2.05) is 97.9 Å². The van der Waals surface area contributed by atoms with Gasteiger partial charge < -0.3 is 4.74 Å². The number of anilines is 1. The predicted octanol–water partition coefficient (Wildman–Crippen LogP) is 4.72. The first-order chi connectivity index (χ1) is 13.3. The molecule has 3 aromatic carbocycles. The Bertz CT molecular complexity index is 955. The van der Waals surface area contributed by atoms with Crippen molar-refractivity contribution in [2.45, 2.75) is 18.9 Å². The Balaban J connectivity index is 1.93. The lowest BCUT2D eigenvalue weighted by atomic mass is 9.85. The number of hydrazone groups is 1. The van der Waals surface area contributed by atoms with E-state index in [1.165, 1.54) is 0 Å². The Morgan fingerprint density at radius 2 is 1.41 bits per heavy atom. The van der Waals surface area contributed by atoms with E-state index < -0.39 is 5.54 Å². The van der Waals surface area contributed by atoms with Crippen LogP contribution in [-0.2, 0) is 15.1 Å². The lowest BCUT2D eigenvalue weighted by Crippen LogP contribution is -2.54. The Labute approximate surface area is 158 Å². The van der Waals surface area contributed by atoms with E-state index in [4.69, 9.17) is 9.84 Å². The number of hydrogen-bond donors (Lipinski definition) is 0. The molecule has 4 nitrogen and oxygen atoms in total. The topological polar surface area (TPSA) is 41.9 Å². The molecule has 1 aliphatic rings. The minimum Gasteiger partial charge on any atom is -0.403 e. The molecule has 0 spiro atoms. The molecule has 0 amide bonds.